The Hall–Kier alpha value is -1.63. The first kappa shape index (κ1) is 16.4. The minimum absolute atomic E-state index is 0.0125. The summed E-state index contributed by atoms with van der Waals surface area (Å²) in [5, 5.41) is 13.9. The van der Waals surface area contributed by atoms with Gasteiger partial charge in [-0.25, -0.2) is 9.18 Å². The van der Waals surface area contributed by atoms with Gasteiger partial charge in [0.25, 0.3) is 0 Å². The van der Waals surface area contributed by atoms with Crippen LogP contribution in [0.3, 0.4) is 0 Å². The van der Waals surface area contributed by atoms with Crippen molar-refractivity contribution in [1.29, 1.82) is 0 Å². The molecule has 1 aromatic carbocycles. The number of amides is 2. The highest BCUT2D eigenvalue weighted by molar-refractivity contribution is 9.10. The summed E-state index contributed by atoms with van der Waals surface area (Å²) in [5.74, 6) is -1.57. The van der Waals surface area contributed by atoms with Crippen LogP contribution in [0.2, 0.25) is 0 Å². The van der Waals surface area contributed by atoms with E-state index in [-0.39, 0.29) is 12.2 Å². The van der Waals surface area contributed by atoms with Gasteiger partial charge < -0.3 is 15.7 Å². The summed E-state index contributed by atoms with van der Waals surface area (Å²) in [4.78, 5) is 22.8. The van der Waals surface area contributed by atoms with E-state index in [0.29, 0.717) is 10.9 Å². The van der Waals surface area contributed by atoms with Crippen LogP contribution in [-0.4, -0.2) is 23.7 Å². The fourth-order valence-electron chi connectivity index (χ4n) is 1.40. The molecular weight excluding hydrogens is 331 g/mol. The lowest BCUT2D eigenvalue weighted by molar-refractivity contribution is -0.147. The number of carboxylic acids is 1. The van der Waals surface area contributed by atoms with Crippen molar-refractivity contribution in [3.8, 4) is 0 Å². The molecule has 20 heavy (non-hydrogen) atoms. The highest BCUT2D eigenvalue weighted by Crippen LogP contribution is 2.25. The fourth-order valence-corrected chi connectivity index (χ4v) is 1.84. The number of para-hydroxylation sites is 1. The first-order valence-electron chi connectivity index (χ1n) is 6.02. The Kier molecular flexibility index (Phi) is 5.50. The summed E-state index contributed by atoms with van der Waals surface area (Å²) in [6.07, 6.45) is 0.367. The van der Waals surface area contributed by atoms with Crippen LogP contribution >= 0.6 is 15.9 Å². The number of hydrogen-bond donors (Lipinski definition) is 3. The van der Waals surface area contributed by atoms with Crippen LogP contribution in [0.1, 0.15) is 20.3 Å². The second-order valence-electron chi connectivity index (χ2n) is 4.62. The topological polar surface area (TPSA) is 78.4 Å². The van der Waals surface area contributed by atoms with Crippen molar-refractivity contribution in [3.05, 3.63) is 28.5 Å². The first-order valence-corrected chi connectivity index (χ1v) is 6.81. The Morgan fingerprint density at radius 3 is 2.60 bits per heavy atom. The van der Waals surface area contributed by atoms with Crippen LogP contribution in [0.25, 0.3) is 0 Å². The number of aliphatic carboxylic acids is 1. The third-order valence-electron chi connectivity index (χ3n) is 3.14. The Balaban J connectivity index is 2.67. The number of benzene rings is 1. The van der Waals surface area contributed by atoms with Crippen LogP contribution in [-0.2, 0) is 4.79 Å². The van der Waals surface area contributed by atoms with Crippen molar-refractivity contribution in [1.82, 2.24) is 5.32 Å². The molecule has 0 bridgehead atoms. The molecule has 0 aromatic heterocycles. The summed E-state index contributed by atoms with van der Waals surface area (Å²) in [6, 6.07) is 3.65. The second kappa shape index (κ2) is 6.69. The van der Waals surface area contributed by atoms with E-state index in [0.717, 1.165) is 0 Å². The van der Waals surface area contributed by atoms with E-state index in [1.165, 1.54) is 19.1 Å². The van der Waals surface area contributed by atoms with Gasteiger partial charge in [0, 0.05) is 11.0 Å². The Bertz CT molecular complexity index is 504. The van der Waals surface area contributed by atoms with E-state index in [2.05, 4.69) is 26.6 Å². The molecule has 5 nitrogen and oxygen atoms in total. The minimum Gasteiger partial charge on any atom is -0.481 e. The maximum atomic E-state index is 13.5. The van der Waals surface area contributed by atoms with E-state index >= 15 is 0 Å². The molecule has 0 spiro atoms. The van der Waals surface area contributed by atoms with Gasteiger partial charge in [0.1, 0.15) is 5.82 Å². The summed E-state index contributed by atoms with van der Waals surface area (Å²) >= 11 is 3.13. The van der Waals surface area contributed by atoms with E-state index in [1.807, 2.05) is 0 Å². The van der Waals surface area contributed by atoms with Gasteiger partial charge in [-0.2, -0.15) is 0 Å². The number of rotatable bonds is 5. The van der Waals surface area contributed by atoms with Gasteiger partial charge >= 0.3 is 12.0 Å². The van der Waals surface area contributed by atoms with Gasteiger partial charge in [0.2, 0.25) is 0 Å². The molecule has 0 aliphatic carbocycles. The number of carbonyl (C=O) groups excluding carboxylic acids is 1. The third kappa shape index (κ3) is 3.93. The third-order valence-corrected chi connectivity index (χ3v) is 3.80. The number of hydrogen-bond acceptors (Lipinski definition) is 2. The summed E-state index contributed by atoms with van der Waals surface area (Å²) in [7, 11) is 0. The van der Waals surface area contributed by atoms with E-state index in [9.17, 15) is 14.0 Å². The molecule has 0 radical (unpaired) electrons. The van der Waals surface area contributed by atoms with Gasteiger partial charge in [-0.1, -0.05) is 13.0 Å². The Labute approximate surface area is 124 Å². The fraction of sp³-hybridized carbons (Fsp3) is 0.385. The van der Waals surface area contributed by atoms with Gasteiger partial charge in [0.05, 0.1) is 11.1 Å². The zero-order chi connectivity index (χ0) is 15.3. The highest BCUT2D eigenvalue weighted by Gasteiger charge is 2.31. The van der Waals surface area contributed by atoms with Crippen molar-refractivity contribution < 1.29 is 19.1 Å². The maximum absolute atomic E-state index is 13.5. The standard InChI is InChI=1S/C13H16BrFN2O3/c1-3-13(2,11(18)19)7-16-12(20)17-10-8(14)5-4-6-9(10)15/h4-6H,3,7H2,1-2H3,(H,18,19)(H2,16,17,20). The van der Waals surface area contributed by atoms with Gasteiger partial charge in [0.15, 0.2) is 0 Å². The summed E-state index contributed by atoms with van der Waals surface area (Å²) in [6.45, 7) is 3.21. The van der Waals surface area contributed by atoms with Crippen LogP contribution < -0.4 is 10.6 Å². The predicted molar refractivity (Wildman–Crippen MR) is 77.2 cm³/mol. The van der Waals surface area contributed by atoms with E-state index < -0.39 is 23.2 Å². The number of carboxylic acid groups (broad SMARTS) is 1. The van der Waals surface area contributed by atoms with Gasteiger partial charge in [-0.15, -0.1) is 0 Å². The lowest BCUT2D eigenvalue weighted by Gasteiger charge is -2.23. The quantitative estimate of drug-likeness (QED) is 0.765. The average Bonchev–Trinajstić information content (AvgIpc) is 2.40. The molecule has 7 heteroatoms. The van der Waals surface area contributed by atoms with E-state index in [4.69, 9.17) is 5.11 Å². The molecule has 0 fully saturated rings. The van der Waals surface area contributed by atoms with Crippen molar-refractivity contribution >= 4 is 33.6 Å². The summed E-state index contributed by atoms with van der Waals surface area (Å²) in [5.41, 5.74) is -1.04. The van der Waals surface area contributed by atoms with Crippen LogP contribution in [0.4, 0.5) is 14.9 Å². The SMILES string of the molecule is CCC(C)(CNC(=O)Nc1c(F)cccc1Br)C(=O)O. The average molecular weight is 347 g/mol. The molecule has 1 unspecified atom stereocenters. The molecule has 3 N–H and O–H groups in total. The maximum Gasteiger partial charge on any atom is 0.319 e. The molecule has 0 aliphatic rings. The molecule has 0 saturated heterocycles. The van der Waals surface area contributed by atoms with Crippen molar-refractivity contribution in [2.75, 3.05) is 11.9 Å². The normalized spacial score (nSPS) is 13.4. The molecule has 1 rings (SSSR count). The molecule has 1 aromatic rings. The minimum atomic E-state index is -1.05. The van der Waals surface area contributed by atoms with Gasteiger partial charge in [-0.3, -0.25) is 4.79 Å². The van der Waals surface area contributed by atoms with Crippen LogP contribution in [0, 0.1) is 11.2 Å². The molecule has 0 saturated carbocycles. The number of halogens is 2. The van der Waals surface area contributed by atoms with Crippen LogP contribution in [0.5, 0.6) is 0 Å². The largest absolute Gasteiger partial charge is 0.481 e. The highest BCUT2D eigenvalue weighted by atomic mass is 79.9. The zero-order valence-corrected chi connectivity index (χ0v) is 12.8. The molecule has 2 amide bonds. The van der Waals surface area contributed by atoms with Crippen molar-refractivity contribution in [3.63, 3.8) is 0 Å². The predicted octanol–water partition coefficient (Wildman–Crippen LogP) is 3.21. The number of urea groups is 1. The Morgan fingerprint density at radius 1 is 1.45 bits per heavy atom. The lowest BCUT2D eigenvalue weighted by Crippen LogP contribution is -2.42. The summed E-state index contributed by atoms with van der Waals surface area (Å²) < 4.78 is 13.9. The van der Waals surface area contributed by atoms with Crippen molar-refractivity contribution in [2.45, 2.75) is 20.3 Å². The smallest absolute Gasteiger partial charge is 0.319 e. The van der Waals surface area contributed by atoms with Crippen LogP contribution in [0.15, 0.2) is 22.7 Å². The number of nitrogens with one attached hydrogen (secondary N) is 2. The van der Waals surface area contributed by atoms with Gasteiger partial charge in [-0.05, 0) is 41.4 Å². The molecule has 1 atom stereocenters. The first-order chi connectivity index (χ1) is 9.30. The number of carbonyl (C=O) groups is 2. The molecule has 0 heterocycles. The molecular formula is C13H16BrFN2O3. The molecule has 0 aliphatic heterocycles. The second-order valence-corrected chi connectivity index (χ2v) is 5.48. The van der Waals surface area contributed by atoms with Crippen molar-refractivity contribution in [2.24, 2.45) is 5.41 Å². The Morgan fingerprint density at radius 2 is 2.10 bits per heavy atom. The molecule has 110 valence electrons. The van der Waals surface area contributed by atoms with E-state index in [1.54, 1.807) is 13.0 Å². The monoisotopic (exact) mass is 346 g/mol. The lowest BCUT2D eigenvalue weighted by atomic mass is 9.88. The zero-order valence-electron chi connectivity index (χ0n) is 11.2. The number of anilines is 1.